The Kier molecular flexibility index (Phi) is 7.36. The highest BCUT2D eigenvalue weighted by molar-refractivity contribution is 7.87. The highest BCUT2D eigenvalue weighted by Gasteiger charge is 2.61. The van der Waals surface area contributed by atoms with E-state index in [1.165, 1.54) is 25.0 Å². The second-order valence-electron chi connectivity index (χ2n) is 8.13. The highest BCUT2D eigenvalue weighted by Crippen LogP contribution is 2.74. The Bertz CT molecular complexity index is 651. The van der Waals surface area contributed by atoms with Crippen LogP contribution in [0.1, 0.15) is 64.2 Å². The SMILES string of the molecule is FC(F)(F)C(F)(F)Oc1cccc([P+]([CH-]Cl)(C2CCCCC2)C2CCCCC2)c1. The summed E-state index contributed by atoms with van der Waals surface area (Å²) in [5.41, 5.74) is 2.49. The van der Waals surface area contributed by atoms with Gasteiger partial charge < -0.3 is 16.3 Å². The second-order valence-corrected chi connectivity index (χ2v) is 12.6. The van der Waals surface area contributed by atoms with Gasteiger partial charge in [0.25, 0.3) is 0 Å². The average molecular weight is 457 g/mol. The summed E-state index contributed by atoms with van der Waals surface area (Å²) in [5, 5.41) is 0.793. The van der Waals surface area contributed by atoms with Gasteiger partial charge in [0.15, 0.2) is 0 Å². The van der Waals surface area contributed by atoms with Crippen molar-refractivity contribution in [1.29, 1.82) is 0 Å². The van der Waals surface area contributed by atoms with E-state index in [0.717, 1.165) is 62.7 Å². The van der Waals surface area contributed by atoms with Crippen LogP contribution in [-0.4, -0.2) is 23.6 Å². The first-order valence-corrected chi connectivity index (χ1v) is 12.7. The molecule has 0 radical (unpaired) electrons. The Labute approximate surface area is 174 Å². The second kappa shape index (κ2) is 9.26. The summed E-state index contributed by atoms with van der Waals surface area (Å²) < 4.78 is 68.9. The van der Waals surface area contributed by atoms with Gasteiger partial charge in [0.05, 0.1) is 5.30 Å². The van der Waals surface area contributed by atoms with Gasteiger partial charge in [-0.3, -0.25) is 0 Å². The summed E-state index contributed by atoms with van der Waals surface area (Å²) in [6, 6.07) is 5.90. The van der Waals surface area contributed by atoms with Crippen molar-refractivity contribution in [1.82, 2.24) is 0 Å². The molecule has 1 nitrogen and oxygen atoms in total. The number of ether oxygens (including phenoxy) is 1. The summed E-state index contributed by atoms with van der Waals surface area (Å²) >= 11 is 6.54. The lowest BCUT2D eigenvalue weighted by molar-refractivity contribution is -0.360. The number of halogens is 6. The fourth-order valence-electron chi connectivity index (χ4n) is 4.95. The Balaban J connectivity index is 1.99. The first kappa shape index (κ1) is 23.1. The molecular formula is C21H27ClF5OP. The fourth-order valence-corrected chi connectivity index (χ4v) is 11.2. The van der Waals surface area contributed by atoms with Crippen LogP contribution in [0.25, 0.3) is 0 Å². The van der Waals surface area contributed by atoms with Gasteiger partial charge in [0.2, 0.25) is 0 Å². The van der Waals surface area contributed by atoms with Gasteiger partial charge in [-0.25, -0.2) is 0 Å². The van der Waals surface area contributed by atoms with Gasteiger partial charge in [0.1, 0.15) is 5.75 Å². The Morgan fingerprint density at radius 2 is 1.38 bits per heavy atom. The number of benzene rings is 1. The van der Waals surface area contributed by atoms with Crippen molar-refractivity contribution in [3.05, 3.63) is 29.9 Å². The molecule has 0 N–H and O–H groups in total. The molecule has 0 spiro atoms. The zero-order valence-electron chi connectivity index (χ0n) is 16.2. The molecule has 0 heterocycles. The van der Waals surface area contributed by atoms with E-state index in [-0.39, 0.29) is 0 Å². The molecule has 0 amide bonds. The van der Waals surface area contributed by atoms with Gasteiger partial charge in [-0.2, -0.15) is 22.0 Å². The van der Waals surface area contributed by atoms with Gasteiger partial charge in [0, 0.05) is 17.4 Å². The van der Waals surface area contributed by atoms with Crippen molar-refractivity contribution in [3.8, 4) is 5.75 Å². The summed E-state index contributed by atoms with van der Waals surface area (Å²) in [5.74, 6) is -0.459. The third-order valence-corrected chi connectivity index (χ3v) is 12.3. The van der Waals surface area contributed by atoms with Crippen LogP contribution >= 0.6 is 18.9 Å². The largest absolute Gasteiger partial charge is 0.499 e. The van der Waals surface area contributed by atoms with E-state index in [9.17, 15) is 22.0 Å². The first-order valence-electron chi connectivity index (χ1n) is 10.3. The minimum atomic E-state index is -5.76. The number of alkyl halides is 5. The normalized spacial score (nSPS) is 20.6. The molecule has 164 valence electrons. The van der Waals surface area contributed by atoms with Crippen molar-refractivity contribution < 1.29 is 26.7 Å². The smallest absolute Gasteiger partial charge is 0.426 e. The van der Waals surface area contributed by atoms with Gasteiger partial charge in [-0.1, -0.05) is 31.8 Å². The van der Waals surface area contributed by atoms with Crippen LogP contribution < -0.4 is 10.0 Å². The lowest BCUT2D eigenvalue weighted by Gasteiger charge is -2.48. The van der Waals surface area contributed by atoms with Crippen LogP contribution in [0.3, 0.4) is 0 Å². The third-order valence-electron chi connectivity index (χ3n) is 6.36. The zero-order valence-corrected chi connectivity index (χ0v) is 17.9. The molecule has 0 saturated heterocycles. The maximum absolute atomic E-state index is 13.5. The van der Waals surface area contributed by atoms with Crippen molar-refractivity contribution in [2.75, 3.05) is 0 Å². The minimum absolute atomic E-state index is 0.357. The van der Waals surface area contributed by atoms with E-state index in [2.05, 4.69) is 4.74 Å². The van der Waals surface area contributed by atoms with E-state index in [0.29, 0.717) is 11.3 Å². The van der Waals surface area contributed by atoms with Crippen molar-refractivity contribution >= 4 is 24.2 Å². The summed E-state index contributed by atoms with van der Waals surface area (Å²) in [7, 11) is -2.08. The van der Waals surface area contributed by atoms with E-state index >= 15 is 0 Å². The van der Waals surface area contributed by atoms with E-state index in [1.807, 2.05) is 6.07 Å². The molecule has 0 bridgehead atoms. The average Bonchev–Trinajstić information content (AvgIpc) is 2.70. The molecular weight excluding hydrogens is 430 g/mol. The third kappa shape index (κ3) is 4.84. The van der Waals surface area contributed by atoms with E-state index < -0.39 is 25.3 Å². The van der Waals surface area contributed by atoms with Crippen molar-refractivity contribution in [2.45, 2.75) is 87.8 Å². The van der Waals surface area contributed by atoms with Crippen LogP contribution in [0.5, 0.6) is 5.75 Å². The van der Waals surface area contributed by atoms with E-state index in [4.69, 9.17) is 11.6 Å². The summed E-state index contributed by atoms with van der Waals surface area (Å²) in [6.07, 6.45) is -0.136. The maximum Gasteiger partial charge on any atom is 0.499 e. The maximum atomic E-state index is 13.5. The fraction of sp³-hybridized carbons (Fsp3) is 0.667. The quantitative estimate of drug-likeness (QED) is 0.240. The molecule has 1 aromatic rings. The van der Waals surface area contributed by atoms with Crippen LogP contribution in [-0.2, 0) is 0 Å². The predicted octanol–water partition coefficient (Wildman–Crippen LogP) is 7.89. The number of rotatable bonds is 6. The first-order chi connectivity index (χ1) is 13.7. The summed E-state index contributed by atoms with van der Waals surface area (Å²) in [6.45, 7) is 0. The molecule has 8 heteroatoms. The topological polar surface area (TPSA) is 9.23 Å². The molecule has 0 atom stereocenters. The lowest BCUT2D eigenvalue weighted by atomic mass is 9.99. The molecule has 2 saturated carbocycles. The van der Waals surface area contributed by atoms with Crippen molar-refractivity contribution in [2.24, 2.45) is 0 Å². The summed E-state index contributed by atoms with van der Waals surface area (Å²) in [4.78, 5) is 0. The molecule has 2 aliphatic carbocycles. The Morgan fingerprint density at radius 3 is 1.83 bits per heavy atom. The molecule has 0 unspecified atom stereocenters. The molecule has 2 aliphatic rings. The molecule has 0 aliphatic heterocycles. The minimum Gasteiger partial charge on any atom is -0.426 e. The molecule has 1 aromatic carbocycles. The molecule has 0 aromatic heterocycles. The standard InChI is InChI=1S/C21H27ClF5OP/c22-15-29(17-9-3-1-4-10-17,18-11-5-2-6-12-18)19-13-7-8-16(14-19)28-21(26,27)20(23,24)25/h7-8,13-15,17-18H,1-6,9-12H2. The van der Waals surface area contributed by atoms with Crippen LogP contribution in [0.15, 0.2) is 24.3 Å². The highest BCUT2D eigenvalue weighted by atomic mass is 35.5. The number of hydrogen-bond acceptors (Lipinski definition) is 1. The molecule has 3 rings (SSSR count). The number of hydrogen-bond donors (Lipinski definition) is 0. The van der Waals surface area contributed by atoms with E-state index in [1.54, 1.807) is 5.62 Å². The molecule has 2 fully saturated rings. The monoisotopic (exact) mass is 456 g/mol. The Morgan fingerprint density at radius 1 is 0.862 bits per heavy atom. The van der Waals surface area contributed by atoms with Crippen molar-refractivity contribution in [3.63, 3.8) is 0 Å². The van der Waals surface area contributed by atoms with Gasteiger partial charge in [-0.05, 0) is 63.5 Å². The van der Waals surface area contributed by atoms with Gasteiger partial charge in [-0.15, -0.1) is 0 Å². The molecule has 29 heavy (non-hydrogen) atoms. The Hall–Kier alpha value is -0.610. The van der Waals surface area contributed by atoms with Crippen LogP contribution in [0, 0.1) is 5.62 Å². The predicted molar refractivity (Wildman–Crippen MR) is 109 cm³/mol. The zero-order chi connectivity index (χ0) is 21.1. The van der Waals surface area contributed by atoms with Crippen LogP contribution in [0.2, 0.25) is 0 Å². The van der Waals surface area contributed by atoms with Gasteiger partial charge >= 0.3 is 12.3 Å². The van der Waals surface area contributed by atoms with Crippen LogP contribution in [0.4, 0.5) is 22.0 Å². The lowest BCUT2D eigenvalue weighted by Crippen LogP contribution is -2.42.